The van der Waals surface area contributed by atoms with Gasteiger partial charge in [-0.15, -0.1) is 0 Å². The van der Waals surface area contributed by atoms with E-state index in [0.717, 1.165) is 15.4 Å². The van der Waals surface area contributed by atoms with E-state index in [2.05, 4.69) is 0 Å². The number of amides is 1. The molecule has 156 valence electrons. The van der Waals surface area contributed by atoms with E-state index >= 15 is 0 Å². The molecule has 1 aliphatic heterocycles. The Kier molecular flexibility index (Phi) is 6.14. The van der Waals surface area contributed by atoms with Crippen LogP contribution in [0.25, 0.3) is 0 Å². The van der Waals surface area contributed by atoms with E-state index in [1.165, 1.54) is 11.9 Å². The number of sulfonamides is 1. The third-order valence-corrected chi connectivity index (χ3v) is 6.81. The molecule has 0 saturated heterocycles. The van der Waals surface area contributed by atoms with Gasteiger partial charge in [0, 0.05) is 14.1 Å². The summed E-state index contributed by atoms with van der Waals surface area (Å²) in [5, 5.41) is 0. The summed E-state index contributed by atoms with van der Waals surface area (Å²) in [6, 6.07) is 12.3. The average molecular weight is 419 g/mol. The fraction of sp³-hybridized carbons (Fsp3) is 0.381. The topological polar surface area (TPSA) is 76.2 Å². The molecule has 0 aliphatic carbocycles. The molecule has 3 rings (SSSR count). The van der Waals surface area contributed by atoms with Gasteiger partial charge in [-0.2, -0.15) is 4.31 Å². The molecule has 8 heteroatoms. The zero-order chi connectivity index (χ0) is 21.2. The zero-order valence-corrected chi connectivity index (χ0v) is 17.9. The number of benzene rings is 2. The first-order chi connectivity index (χ1) is 13.7. The predicted octanol–water partition coefficient (Wildman–Crippen LogP) is 2.22. The molecule has 2 aromatic carbocycles. The van der Waals surface area contributed by atoms with Crippen molar-refractivity contribution in [2.45, 2.75) is 24.8 Å². The van der Waals surface area contributed by atoms with Crippen molar-refractivity contribution in [3.63, 3.8) is 0 Å². The Morgan fingerprint density at radius 2 is 1.76 bits per heavy atom. The highest BCUT2D eigenvalue weighted by atomic mass is 32.2. The van der Waals surface area contributed by atoms with Gasteiger partial charge in [0.2, 0.25) is 15.9 Å². The van der Waals surface area contributed by atoms with E-state index in [1.54, 1.807) is 25.2 Å². The van der Waals surface area contributed by atoms with E-state index in [-0.39, 0.29) is 23.5 Å². The second-order valence-corrected chi connectivity index (χ2v) is 9.32. The van der Waals surface area contributed by atoms with Crippen LogP contribution in [0.5, 0.6) is 11.5 Å². The molecule has 0 N–H and O–H groups in total. The van der Waals surface area contributed by atoms with Crippen LogP contribution < -0.4 is 9.47 Å². The molecule has 0 fully saturated rings. The molecule has 0 bridgehead atoms. The molecular formula is C21H26N2O5S. The van der Waals surface area contributed by atoms with Crippen LogP contribution in [0, 0.1) is 13.8 Å². The van der Waals surface area contributed by atoms with Crippen LogP contribution in [0.3, 0.4) is 0 Å². The summed E-state index contributed by atoms with van der Waals surface area (Å²) in [6.07, 6.45) is -0.319. The summed E-state index contributed by atoms with van der Waals surface area (Å²) in [4.78, 5) is 14.2. The van der Waals surface area contributed by atoms with Crippen molar-refractivity contribution in [1.29, 1.82) is 0 Å². The molecule has 1 heterocycles. The maximum absolute atomic E-state index is 12.8. The monoisotopic (exact) mass is 418 g/mol. The first kappa shape index (κ1) is 21.1. The number of hydrogen-bond donors (Lipinski definition) is 0. The lowest BCUT2D eigenvalue weighted by Gasteiger charge is -2.30. The Balaban J connectivity index is 1.61. The van der Waals surface area contributed by atoms with Crippen LogP contribution in [0.2, 0.25) is 0 Å². The van der Waals surface area contributed by atoms with Crippen molar-refractivity contribution >= 4 is 15.9 Å². The predicted molar refractivity (Wildman–Crippen MR) is 110 cm³/mol. The second kappa shape index (κ2) is 8.42. The molecule has 7 nitrogen and oxygen atoms in total. The quantitative estimate of drug-likeness (QED) is 0.719. The summed E-state index contributed by atoms with van der Waals surface area (Å²) in [5.41, 5.74) is 1.90. The van der Waals surface area contributed by atoms with Crippen LogP contribution in [0.1, 0.15) is 11.1 Å². The van der Waals surface area contributed by atoms with Crippen LogP contribution >= 0.6 is 0 Å². The lowest BCUT2D eigenvalue weighted by Crippen LogP contribution is -2.45. The number of ether oxygens (including phenoxy) is 2. The van der Waals surface area contributed by atoms with Gasteiger partial charge in [0.25, 0.3) is 0 Å². The fourth-order valence-electron chi connectivity index (χ4n) is 3.01. The van der Waals surface area contributed by atoms with Crippen molar-refractivity contribution < 1.29 is 22.7 Å². The molecule has 1 amide bonds. The molecule has 0 radical (unpaired) electrons. The third-order valence-electron chi connectivity index (χ3n) is 5.02. The minimum Gasteiger partial charge on any atom is -0.486 e. The molecule has 0 spiro atoms. The lowest BCUT2D eigenvalue weighted by atomic mass is 10.1. The van der Waals surface area contributed by atoms with Crippen molar-refractivity contribution in [3.8, 4) is 11.5 Å². The second-order valence-electron chi connectivity index (χ2n) is 7.28. The van der Waals surface area contributed by atoms with Crippen LogP contribution in [-0.4, -0.2) is 63.4 Å². The Morgan fingerprint density at radius 3 is 2.45 bits per heavy atom. The van der Waals surface area contributed by atoms with Gasteiger partial charge in [0.1, 0.15) is 6.61 Å². The minimum atomic E-state index is -3.75. The highest BCUT2D eigenvalue weighted by molar-refractivity contribution is 7.89. The van der Waals surface area contributed by atoms with Crippen LogP contribution in [-0.2, 0) is 14.8 Å². The van der Waals surface area contributed by atoms with Gasteiger partial charge < -0.3 is 14.4 Å². The molecule has 29 heavy (non-hydrogen) atoms. The molecular weight excluding hydrogens is 392 g/mol. The van der Waals surface area contributed by atoms with Gasteiger partial charge >= 0.3 is 0 Å². The SMILES string of the molecule is Cc1ccc(S(=O)(=O)N(C)CC(=O)N(C)C[C@H]2COc3ccccc3O2)cc1C. The first-order valence-corrected chi connectivity index (χ1v) is 10.8. The highest BCUT2D eigenvalue weighted by Gasteiger charge is 2.27. The van der Waals surface area contributed by atoms with Gasteiger partial charge in [-0.25, -0.2) is 8.42 Å². The molecule has 1 aliphatic rings. The maximum atomic E-state index is 12.8. The van der Waals surface area contributed by atoms with E-state index in [4.69, 9.17) is 9.47 Å². The van der Waals surface area contributed by atoms with Crippen LogP contribution in [0.15, 0.2) is 47.4 Å². The first-order valence-electron chi connectivity index (χ1n) is 9.34. The van der Waals surface area contributed by atoms with E-state index in [0.29, 0.717) is 24.7 Å². The lowest BCUT2D eigenvalue weighted by molar-refractivity contribution is -0.131. The Hall–Kier alpha value is -2.58. The standard InChI is InChI=1S/C21H26N2O5S/c1-15-9-10-18(11-16(15)2)29(25,26)23(4)13-21(24)22(3)12-17-14-27-19-7-5-6-8-20(19)28-17/h5-11,17H,12-14H2,1-4H3/t17-/m0/s1. The Labute approximate surface area is 171 Å². The van der Waals surface area contributed by atoms with Gasteiger partial charge in [0.15, 0.2) is 17.6 Å². The van der Waals surface area contributed by atoms with E-state index < -0.39 is 10.0 Å². The number of carbonyl (C=O) groups is 1. The number of carbonyl (C=O) groups excluding carboxylic acids is 1. The van der Waals surface area contributed by atoms with E-state index in [9.17, 15) is 13.2 Å². The smallest absolute Gasteiger partial charge is 0.243 e. The molecule has 1 atom stereocenters. The summed E-state index contributed by atoms with van der Waals surface area (Å²) in [7, 11) is -0.713. The van der Waals surface area contributed by atoms with Crippen molar-refractivity contribution in [2.75, 3.05) is 33.8 Å². The molecule has 0 aromatic heterocycles. The molecule has 0 unspecified atom stereocenters. The highest BCUT2D eigenvalue weighted by Crippen LogP contribution is 2.31. The minimum absolute atomic E-state index is 0.180. The number of nitrogens with zero attached hydrogens (tertiary/aromatic N) is 2. The third kappa shape index (κ3) is 4.71. The van der Waals surface area contributed by atoms with Crippen molar-refractivity contribution in [2.24, 2.45) is 0 Å². The number of aryl methyl sites for hydroxylation is 2. The summed E-state index contributed by atoms with van der Waals surface area (Å²) in [5.74, 6) is 0.998. The number of hydrogen-bond acceptors (Lipinski definition) is 5. The van der Waals surface area contributed by atoms with Crippen molar-refractivity contribution in [3.05, 3.63) is 53.6 Å². The number of fused-ring (bicyclic) bond motifs is 1. The van der Waals surface area contributed by atoms with Gasteiger partial charge in [-0.1, -0.05) is 18.2 Å². The van der Waals surface area contributed by atoms with Crippen LogP contribution in [0.4, 0.5) is 0 Å². The maximum Gasteiger partial charge on any atom is 0.243 e. The largest absolute Gasteiger partial charge is 0.486 e. The van der Waals surface area contributed by atoms with Gasteiger partial charge in [-0.05, 0) is 49.2 Å². The number of para-hydroxylation sites is 2. The summed E-state index contributed by atoms with van der Waals surface area (Å²) in [6.45, 7) is 4.15. The number of rotatable bonds is 6. The van der Waals surface area contributed by atoms with Gasteiger partial charge in [0.05, 0.1) is 18.0 Å². The Morgan fingerprint density at radius 1 is 1.07 bits per heavy atom. The Bertz CT molecular complexity index is 1010. The molecule has 2 aromatic rings. The summed E-state index contributed by atoms with van der Waals surface area (Å²) < 4.78 is 38.2. The van der Waals surface area contributed by atoms with Crippen molar-refractivity contribution in [1.82, 2.24) is 9.21 Å². The average Bonchev–Trinajstić information content (AvgIpc) is 2.69. The fourth-order valence-corrected chi connectivity index (χ4v) is 4.22. The zero-order valence-electron chi connectivity index (χ0n) is 17.1. The summed E-state index contributed by atoms with van der Waals surface area (Å²) >= 11 is 0. The number of likely N-dealkylation sites (N-methyl/N-ethyl adjacent to an activating group) is 2. The normalized spacial score (nSPS) is 16.0. The molecule has 0 saturated carbocycles. The van der Waals surface area contributed by atoms with Gasteiger partial charge in [-0.3, -0.25) is 4.79 Å². The van der Waals surface area contributed by atoms with E-state index in [1.807, 2.05) is 38.1 Å².